The van der Waals surface area contributed by atoms with Gasteiger partial charge in [0.25, 0.3) is 11.1 Å². The van der Waals surface area contributed by atoms with Crippen LogP contribution < -0.4 is 42.7 Å². The van der Waals surface area contributed by atoms with Crippen molar-refractivity contribution >= 4 is 69.9 Å². The fourth-order valence-electron chi connectivity index (χ4n) is 12.0. The summed E-state index contributed by atoms with van der Waals surface area (Å²) in [5.41, 5.74) is 3.27. The van der Waals surface area contributed by atoms with E-state index in [4.69, 9.17) is 33.7 Å². The molecule has 4 aliphatic heterocycles. The zero-order chi connectivity index (χ0) is 62.5. The molecule has 86 heavy (non-hydrogen) atoms. The number of aromatic amines is 2. The number of nitrogens with one attached hydrogen (secondary N) is 2. The first kappa shape index (κ1) is 63.2. The van der Waals surface area contributed by atoms with Gasteiger partial charge in [0.2, 0.25) is 0 Å². The maximum absolute atomic E-state index is 12.5. The Hall–Kier alpha value is -7.36. The standard InChI is InChI=1S/C25H24N2O4.C16H21O3P.C15H17IN2O3.C10H9BO3/c1-25(2,3)21-14-18(27-10-9-22(29)26-24(27)30)13-20(23(21)31-4)17-6-5-16-12-19(28)8-7-15(16)11-17;1-13-10-15(3)19-14(2,17-13)11-16(4,18-13)20(15)12-8-6-5-7-9-12;1-15(2,3)10-7-9(8-11(16)13(10)21-4)18-6-5-12(19)17-14(18)20;12-10-4-2-7-5-9(11(13)14)3-1-8(7)6-10/h5-14,28H,1-4H3,(H,26,29,30);5-9H,10-11H2,1-4H3;5-8H,1-4H3,(H,17,19,20);1-6,12-14H. The SMILES string of the molecule is CC12CC3(C)OC(C)(CC(C)(O1)P3c1ccccc1)O2.COc1c(-c2ccc3cc(O)ccc3c2)cc(-n2ccc(=O)[nH]c2=O)cc1C(C)(C)C.COc1c(I)cc(-n2ccc(=O)[nH]c2=O)cc1C(C)(C)C.OB(O)c1ccc2cc(O)ccc2c1. The Balaban J connectivity index is 0.000000142. The number of methoxy groups -OCH3 is 2. The van der Waals surface area contributed by atoms with E-state index in [0.29, 0.717) is 16.8 Å². The fourth-order valence-corrected chi connectivity index (χ4v) is 16.8. The van der Waals surface area contributed by atoms with E-state index in [1.54, 1.807) is 62.8 Å². The second kappa shape index (κ2) is 24.1. The van der Waals surface area contributed by atoms with Crippen molar-refractivity contribution < 1.29 is 43.9 Å². The maximum Gasteiger partial charge on any atom is 0.488 e. The molecule has 448 valence electrons. The summed E-state index contributed by atoms with van der Waals surface area (Å²) in [6, 6.07) is 42.1. The van der Waals surface area contributed by atoms with Crippen molar-refractivity contribution in [3.63, 3.8) is 0 Å². The molecule has 0 amide bonds. The molecule has 13 rings (SSSR count). The van der Waals surface area contributed by atoms with E-state index < -0.39 is 49.1 Å². The molecule has 4 bridgehead atoms. The predicted molar refractivity (Wildman–Crippen MR) is 348 cm³/mol. The summed E-state index contributed by atoms with van der Waals surface area (Å²) >= 11 is 2.18. The van der Waals surface area contributed by atoms with E-state index in [-0.39, 0.29) is 33.0 Å². The number of ether oxygens (including phenoxy) is 5. The zero-order valence-corrected chi connectivity index (χ0v) is 53.2. The Morgan fingerprint density at radius 3 is 1.49 bits per heavy atom. The van der Waals surface area contributed by atoms with E-state index in [1.165, 1.54) is 39.0 Å². The monoisotopic (exact) mass is 1300 g/mol. The molecule has 6 N–H and O–H groups in total. The van der Waals surface area contributed by atoms with E-state index in [1.807, 2.05) is 48.5 Å². The number of aromatic nitrogens is 4. The summed E-state index contributed by atoms with van der Waals surface area (Å²) in [6.07, 6.45) is 4.55. The number of rotatable bonds is 7. The average Bonchev–Trinajstić information content (AvgIpc) is 0.698. The van der Waals surface area contributed by atoms with Gasteiger partial charge >= 0.3 is 18.5 Å². The molecule has 2 aromatic heterocycles. The lowest BCUT2D eigenvalue weighted by Gasteiger charge is -2.69. The summed E-state index contributed by atoms with van der Waals surface area (Å²) in [5, 5.41) is 41.5. The topological polar surface area (TPSA) is 237 Å². The van der Waals surface area contributed by atoms with E-state index in [9.17, 15) is 29.4 Å². The van der Waals surface area contributed by atoms with Crippen LogP contribution in [0.2, 0.25) is 0 Å². The molecule has 17 nitrogen and oxygen atoms in total. The number of halogens is 1. The number of nitrogens with zero attached hydrogens (tertiary/aromatic N) is 2. The third kappa shape index (κ3) is 13.4. The van der Waals surface area contributed by atoms with E-state index in [2.05, 4.69) is 132 Å². The van der Waals surface area contributed by atoms with Gasteiger partial charge in [0.15, 0.2) is 11.6 Å². The van der Waals surface area contributed by atoms with Gasteiger partial charge in [-0.15, -0.1) is 0 Å². The second-order valence-corrected chi connectivity index (χ2v) is 28.6. The Morgan fingerprint density at radius 1 is 0.558 bits per heavy atom. The van der Waals surface area contributed by atoms with E-state index in [0.717, 1.165) is 71.7 Å². The molecule has 4 atom stereocenters. The quantitative estimate of drug-likeness (QED) is 0.0495. The number of benzene rings is 7. The first-order valence-electron chi connectivity index (χ1n) is 27.9. The summed E-state index contributed by atoms with van der Waals surface area (Å²) in [6.45, 7) is 21.1. The normalized spacial score (nSPS) is 21.1. The molecule has 6 heterocycles. The fraction of sp³-hybridized carbons (Fsp3) is 0.303. The average molecular weight is 1300 g/mol. The number of fused-ring (bicyclic) bond motifs is 2. The van der Waals surface area contributed by atoms with Crippen molar-refractivity contribution in [2.75, 3.05) is 14.2 Å². The van der Waals surface area contributed by atoms with Crippen molar-refractivity contribution in [1.29, 1.82) is 0 Å². The first-order chi connectivity index (χ1) is 40.3. The number of phenolic OH excluding ortho intramolecular Hbond substituents is 2. The van der Waals surface area contributed by atoms with Crippen LogP contribution in [0.15, 0.2) is 171 Å². The molecule has 4 saturated heterocycles. The first-order valence-corrected chi connectivity index (χ1v) is 30.3. The van der Waals surface area contributed by atoms with Gasteiger partial charge in [-0.3, -0.25) is 28.7 Å². The molecule has 20 heteroatoms. The van der Waals surface area contributed by atoms with E-state index >= 15 is 0 Å². The van der Waals surface area contributed by atoms with Gasteiger partial charge in [-0.2, -0.15) is 0 Å². The second-order valence-electron chi connectivity index (χ2n) is 24.4. The number of hydrogen-bond acceptors (Lipinski definition) is 13. The summed E-state index contributed by atoms with van der Waals surface area (Å²) in [5.74, 6) is 0.934. The molecule has 0 aliphatic carbocycles. The minimum atomic E-state index is -1.45. The van der Waals surface area contributed by atoms with Crippen LogP contribution in [0.4, 0.5) is 0 Å². The van der Waals surface area contributed by atoms with Gasteiger partial charge < -0.3 is 43.9 Å². The summed E-state index contributed by atoms with van der Waals surface area (Å²) < 4.78 is 34.0. The highest BCUT2D eigenvalue weighted by Crippen LogP contribution is 2.75. The Kier molecular flexibility index (Phi) is 17.7. The van der Waals surface area contributed by atoms with Gasteiger partial charge in [0, 0.05) is 54.1 Å². The van der Waals surface area contributed by atoms with Crippen LogP contribution in [0.3, 0.4) is 0 Å². The number of aromatic hydroxyl groups is 2. The van der Waals surface area contributed by atoms with Crippen LogP contribution in [0, 0.1) is 3.57 Å². The van der Waals surface area contributed by atoms with Gasteiger partial charge in [0.05, 0.1) is 39.8 Å². The smallest absolute Gasteiger partial charge is 0.488 e. The highest BCUT2D eigenvalue weighted by molar-refractivity contribution is 14.1. The third-order valence-electron chi connectivity index (χ3n) is 15.2. The summed E-state index contributed by atoms with van der Waals surface area (Å²) in [4.78, 5) is 51.7. The molecular formula is C66H71BIN4O13P. The van der Waals surface area contributed by atoms with Gasteiger partial charge in [-0.1, -0.05) is 114 Å². The van der Waals surface area contributed by atoms with Crippen LogP contribution in [0.5, 0.6) is 23.0 Å². The molecule has 9 aromatic rings. The van der Waals surface area contributed by atoms with Crippen molar-refractivity contribution in [3.8, 4) is 45.5 Å². The lowest BCUT2D eigenvalue weighted by Crippen LogP contribution is -2.72. The molecule has 4 fully saturated rings. The Bertz CT molecular complexity index is 4220. The third-order valence-corrected chi connectivity index (χ3v) is 19.2. The predicted octanol–water partition coefficient (Wildman–Crippen LogP) is 10.5. The Morgan fingerprint density at radius 2 is 1.01 bits per heavy atom. The molecule has 0 saturated carbocycles. The van der Waals surface area contributed by atoms with Crippen molar-refractivity contribution in [3.05, 3.63) is 208 Å². The van der Waals surface area contributed by atoms with Crippen molar-refractivity contribution in [2.24, 2.45) is 0 Å². The maximum atomic E-state index is 12.5. The van der Waals surface area contributed by atoms with Crippen LogP contribution in [0.1, 0.15) is 93.2 Å². The molecule has 4 unspecified atom stereocenters. The van der Waals surface area contributed by atoms with Gasteiger partial charge in [-0.25, -0.2) is 9.59 Å². The van der Waals surface area contributed by atoms with Gasteiger partial charge in [-0.05, 0) is 162 Å². The number of hydrogen-bond donors (Lipinski definition) is 6. The molecular weight excluding hydrogens is 1230 g/mol. The minimum absolute atomic E-state index is 0.132. The number of phenols is 2. The molecule has 0 radical (unpaired) electrons. The summed E-state index contributed by atoms with van der Waals surface area (Å²) in [7, 11) is 1.27. The van der Waals surface area contributed by atoms with Crippen molar-refractivity contribution in [1.82, 2.24) is 19.1 Å². The molecule has 0 spiro atoms. The van der Waals surface area contributed by atoms with Gasteiger partial charge in [0.1, 0.15) is 23.0 Å². The highest BCUT2D eigenvalue weighted by atomic mass is 127. The minimum Gasteiger partial charge on any atom is -0.508 e. The highest BCUT2D eigenvalue weighted by Gasteiger charge is 2.71. The Labute approximate surface area is 513 Å². The van der Waals surface area contributed by atoms with Crippen LogP contribution in [-0.2, 0) is 25.0 Å². The molecule has 4 aliphatic rings. The zero-order valence-electron chi connectivity index (χ0n) is 50.1. The lowest BCUT2D eigenvalue weighted by molar-refractivity contribution is -0.467. The van der Waals surface area contributed by atoms with Crippen LogP contribution in [0.25, 0.3) is 44.0 Å². The van der Waals surface area contributed by atoms with Crippen molar-refractivity contribution in [2.45, 2.75) is 115 Å². The lowest BCUT2D eigenvalue weighted by atomic mass is 9.79. The van der Waals surface area contributed by atoms with Crippen LogP contribution in [-0.4, -0.2) is 83.0 Å². The number of H-pyrrole nitrogens is 2. The molecule has 7 aromatic carbocycles. The largest absolute Gasteiger partial charge is 0.508 e. The van der Waals surface area contributed by atoms with Crippen LogP contribution >= 0.6 is 30.5 Å².